The Morgan fingerprint density at radius 2 is 2.00 bits per heavy atom. The van der Waals surface area contributed by atoms with E-state index in [1.807, 2.05) is 6.07 Å². The molecular formula is C21H19F3N6. The van der Waals surface area contributed by atoms with Crippen LogP contribution in [0.3, 0.4) is 0 Å². The van der Waals surface area contributed by atoms with Crippen LogP contribution in [0.5, 0.6) is 0 Å². The Hall–Kier alpha value is -3.23. The number of hydrogen-bond acceptors (Lipinski definition) is 5. The summed E-state index contributed by atoms with van der Waals surface area (Å²) in [4.78, 5) is 14.5. The van der Waals surface area contributed by atoms with Crippen LogP contribution in [-0.2, 0) is 0 Å². The molecule has 30 heavy (non-hydrogen) atoms. The molecule has 0 aliphatic carbocycles. The van der Waals surface area contributed by atoms with Gasteiger partial charge < -0.3 is 4.90 Å². The molecule has 0 radical (unpaired) electrons. The largest absolute Gasteiger partial charge is 0.355 e. The third-order valence-corrected chi connectivity index (χ3v) is 5.87. The SMILES string of the molecule is C[C@@H]1CCN(c2nccc3ccc(F)cc23)C[C@H]1c1cc(C(F)F)nc2ncnn12. The average molecular weight is 412 g/mol. The number of nitrogens with zero attached hydrogens (tertiary/aromatic N) is 6. The van der Waals surface area contributed by atoms with E-state index in [4.69, 9.17) is 0 Å². The number of hydrogen-bond donors (Lipinski definition) is 0. The Labute approximate surface area is 170 Å². The molecule has 0 N–H and O–H groups in total. The highest BCUT2D eigenvalue weighted by Gasteiger charge is 2.32. The number of piperidine rings is 1. The maximum atomic E-state index is 13.9. The van der Waals surface area contributed by atoms with E-state index in [9.17, 15) is 13.2 Å². The van der Waals surface area contributed by atoms with Gasteiger partial charge in [-0.25, -0.2) is 27.7 Å². The summed E-state index contributed by atoms with van der Waals surface area (Å²) in [6.45, 7) is 3.39. The van der Waals surface area contributed by atoms with E-state index in [0.717, 1.165) is 23.7 Å². The molecule has 0 saturated carbocycles. The summed E-state index contributed by atoms with van der Waals surface area (Å²) in [6.07, 6.45) is 1.17. The first-order valence-electron chi connectivity index (χ1n) is 9.79. The first-order valence-corrected chi connectivity index (χ1v) is 9.79. The monoisotopic (exact) mass is 412 g/mol. The molecule has 9 heteroatoms. The number of aromatic nitrogens is 5. The molecular weight excluding hydrogens is 393 g/mol. The number of halogens is 3. The summed E-state index contributed by atoms with van der Waals surface area (Å²) in [7, 11) is 0. The summed E-state index contributed by atoms with van der Waals surface area (Å²) in [5.74, 6) is 0.681. The standard InChI is InChI=1S/C21H19F3N6/c1-12-5-7-29(20-15-8-14(22)3-2-13(15)4-6-25-20)10-16(12)18-9-17(19(23)24)28-21-26-11-27-30(18)21/h2-4,6,8-9,11-12,16,19H,5,7,10H2,1H3/t12-,16-/m1/s1. The Balaban J connectivity index is 1.58. The van der Waals surface area contributed by atoms with Gasteiger partial charge in [0, 0.05) is 30.6 Å². The number of pyridine rings is 1. The van der Waals surface area contributed by atoms with Gasteiger partial charge in [-0.3, -0.25) is 0 Å². The van der Waals surface area contributed by atoms with E-state index in [2.05, 4.69) is 31.9 Å². The van der Waals surface area contributed by atoms with Gasteiger partial charge in [0.05, 0.1) is 5.69 Å². The minimum absolute atomic E-state index is 0.0888. The molecule has 1 aromatic carbocycles. The number of fused-ring (bicyclic) bond motifs is 2. The minimum atomic E-state index is -2.69. The van der Waals surface area contributed by atoms with Crippen LogP contribution in [-0.4, -0.2) is 37.7 Å². The first-order chi connectivity index (χ1) is 14.5. The zero-order valence-electron chi connectivity index (χ0n) is 16.2. The van der Waals surface area contributed by atoms with Gasteiger partial charge in [-0.1, -0.05) is 13.0 Å². The molecule has 1 aliphatic heterocycles. The second kappa shape index (κ2) is 7.23. The zero-order valence-corrected chi connectivity index (χ0v) is 16.2. The maximum Gasteiger partial charge on any atom is 0.280 e. The van der Waals surface area contributed by atoms with Gasteiger partial charge in [0.1, 0.15) is 23.7 Å². The van der Waals surface area contributed by atoms with Gasteiger partial charge in [-0.05, 0) is 42.0 Å². The van der Waals surface area contributed by atoms with Gasteiger partial charge in [0.2, 0.25) is 0 Å². The molecule has 6 nitrogen and oxygen atoms in total. The van der Waals surface area contributed by atoms with Crippen molar-refractivity contribution in [3.05, 3.63) is 60.1 Å². The molecule has 0 bridgehead atoms. The highest BCUT2D eigenvalue weighted by atomic mass is 19.3. The lowest BCUT2D eigenvalue weighted by atomic mass is 9.84. The van der Waals surface area contributed by atoms with Crippen molar-refractivity contribution in [3.63, 3.8) is 0 Å². The fraction of sp³-hybridized carbons (Fsp3) is 0.333. The molecule has 4 aromatic rings. The van der Waals surface area contributed by atoms with Gasteiger partial charge in [-0.15, -0.1) is 0 Å². The Kier molecular flexibility index (Phi) is 4.52. The minimum Gasteiger partial charge on any atom is -0.355 e. The predicted octanol–water partition coefficient (Wildman–Crippen LogP) is 4.38. The van der Waals surface area contributed by atoms with E-state index in [1.54, 1.807) is 12.3 Å². The van der Waals surface area contributed by atoms with Crippen molar-refractivity contribution in [1.29, 1.82) is 0 Å². The van der Waals surface area contributed by atoms with Gasteiger partial charge in [0.15, 0.2) is 0 Å². The summed E-state index contributed by atoms with van der Waals surface area (Å²) >= 11 is 0. The fourth-order valence-corrected chi connectivity index (χ4v) is 4.25. The number of anilines is 1. The third-order valence-electron chi connectivity index (χ3n) is 5.87. The van der Waals surface area contributed by atoms with Crippen molar-refractivity contribution < 1.29 is 13.2 Å². The van der Waals surface area contributed by atoms with Crippen molar-refractivity contribution in [2.24, 2.45) is 5.92 Å². The van der Waals surface area contributed by atoms with Gasteiger partial charge in [-0.2, -0.15) is 10.1 Å². The molecule has 2 atom stereocenters. The van der Waals surface area contributed by atoms with Crippen LogP contribution in [0.2, 0.25) is 0 Å². The van der Waals surface area contributed by atoms with Crippen LogP contribution in [0, 0.1) is 11.7 Å². The van der Waals surface area contributed by atoms with E-state index in [0.29, 0.717) is 18.1 Å². The van der Waals surface area contributed by atoms with Crippen LogP contribution in [0.15, 0.2) is 42.9 Å². The van der Waals surface area contributed by atoms with Crippen LogP contribution in [0.1, 0.15) is 37.1 Å². The molecule has 0 unspecified atom stereocenters. The van der Waals surface area contributed by atoms with Crippen LogP contribution >= 0.6 is 0 Å². The van der Waals surface area contributed by atoms with Crippen molar-refractivity contribution in [1.82, 2.24) is 24.6 Å². The number of rotatable bonds is 3. The van der Waals surface area contributed by atoms with E-state index in [-0.39, 0.29) is 29.1 Å². The summed E-state index contributed by atoms with van der Waals surface area (Å²) in [5.41, 5.74) is 0.344. The average Bonchev–Trinajstić information content (AvgIpc) is 3.22. The first kappa shape index (κ1) is 18.8. The topological polar surface area (TPSA) is 59.2 Å². The van der Waals surface area contributed by atoms with E-state index >= 15 is 0 Å². The highest BCUT2D eigenvalue weighted by Crippen LogP contribution is 2.36. The molecule has 1 aliphatic rings. The predicted molar refractivity (Wildman–Crippen MR) is 106 cm³/mol. The van der Waals surface area contributed by atoms with E-state index < -0.39 is 6.43 Å². The van der Waals surface area contributed by atoms with Crippen molar-refractivity contribution in [2.75, 3.05) is 18.0 Å². The summed E-state index contributed by atoms with van der Waals surface area (Å²) < 4.78 is 42.3. The molecule has 3 aromatic heterocycles. The number of alkyl halides is 2. The quantitative estimate of drug-likeness (QED) is 0.500. The Bertz CT molecular complexity index is 1220. The van der Waals surface area contributed by atoms with Crippen molar-refractivity contribution in [3.8, 4) is 0 Å². The normalized spacial score (nSPS) is 19.8. The molecule has 0 amide bonds. The van der Waals surface area contributed by atoms with Gasteiger partial charge in [0.25, 0.3) is 12.2 Å². The molecule has 0 spiro atoms. The highest BCUT2D eigenvalue weighted by molar-refractivity contribution is 5.92. The lowest BCUT2D eigenvalue weighted by Gasteiger charge is -2.38. The summed E-state index contributed by atoms with van der Waals surface area (Å²) in [5, 5.41) is 5.84. The van der Waals surface area contributed by atoms with E-state index in [1.165, 1.54) is 29.0 Å². The lowest BCUT2D eigenvalue weighted by Crippen LogP contribution is -2.39. The number of benzene rings is 1. The van der Waals surface area contributed by atoms with Crippen molar-refractivity contribution in [2.45, 2.75) is 25.7 Å². The molecule has 4 heterocycles. The molecule has 1 fully saturated rings. The molecule has 1 saturated heterocycles. The van der Waals surface area contributed by atoms with Crippen LogP contribution in [0.4, 0.5) is 19.0 Å². The van der Waals surface area contributed by atoms with Crippen LogP contribution < -0.4 is 4.90 Å². The Morgan fingerprint density at radius 3 is 2.83 bits per heavy atom. The second-order valence-corrected chi connectivity index (χ2v) is 7.70. The molecule has 5 rings (SSSR count). The van der Waals surface area contributed by atoms with Gasteiger partial charge >= 0.3 is 0 Å². The van der Waals surface area contributed by atoms with Crippen LogP contribution in [0.25, 0.3) is 16.6 Å². The zero-order chi connectivity index (χ0) is 20.8. The lowest BCUT2D eigenvalue weighted by molar-refractivity contribution is 0.146. The smallest absolute Gasteiger partial charge is 0.280 e. The summed E-state index contributed by atoms with van der Waals surface area (Å²) in [6, 6.07) is 7.92. The second-order valence-electron chi connectivity index (χ2n) is 7.70. The van der Waals surface area contributed by atoms with Crippen molar-refractivity contribution >= 4 is 22.4 Å². The Morgan fingerprint density at radius 1 is 1.13 bits per heavy atom. The maximum absolute atomic E-state index is 13.9. The fourth-order valence-electron chi connectivity index (χ4n) is 4.25. The third kappa shape index (κ3) is 3.14. The molecule has 154 valence electrons.